The Balaban J connectivity index is 1.75. The maximum atomic E-state index is 9.47. The van der Waals surface area contributed by atoms with Gasteiger partial charge in [0.25, 0.3) is 0 Å². The van der Waals surface area contributed by atoms with E-state index in [0.29, 0.717) is 12.6 Å². The molecule has 3 heteroatoms. The predicted octanol–water partition coefficient (Wildman–Crippen LogP) is 1.31. The van der Waals surface area contributed by atoms with Crippen LogP contribution in [0.4, 0.5) is 0 Å². The average Bonchev–Trinajstić information content (AvgIpc) is 2.77. The van der Waals surface area contributed by atoms with E-state index in [2.05, 4.69) is 5.32 Å². The van der Waals surface area contributed by atoms with Gasteiger partial charge in [-0.25, -0.2) is 0 Å². The third-order valence-corrected chi connectivity index (χ3v) is 3.93. The summed E-state index contributed by atoms with van der Waals surface area (Å²) in [5, 5.41) is 13.0. The van der Waals surface area contributed by atoms with Gasteiger partial charge in [-0.1, -0.05) is 12.8 Å². The van der Waals surface area contributed by atoms with Crippen LogP contribution in [0.2, 0.25) is 0 Å². The average molecular weight is 213 g/mol. The zero-order valence-corrected chi connectivity index (χ0v) is 9.50. The minimum atomic E-state index is 0.178. The Morgan fingerprint density at radius 1 is 1.27 bits per heavy atom. The molecule has 15 heavy (non-hydrogen) atoms. The molecule has 0 aromatic heterocycles. The van der Waals surface area contributed by atoms with Gasteiger partial charge >= 0.3 is 0 Å². The third kappa shape index (κ3) is 2.92. The lowest BCUT2D eigenvalue weighted by Gasteiger charge is -2.31. The minimum Gasteiger partial charge on any atom is -0.396 e. The number of hydrogen-bond donors (Lipinski definition) is 2. The molecule has 3 nitrogen and oxygen atoms in total. The van der Waals surface area contributed by atoms with E-state index in [0.717, 1.165) is 19.8 Å². The van der Waals surface area contributed by atoms with E-state index in [1.54, 1.807) is 0 Å². The number of ether oxygens (including phenoxy) is 1. The first-order valence-electron chi connectivity index (χ1n) is 6.27. The summed E-state index contributed by atoms with van der Waals surface area (Å²) in [6, 6.07) is 0.516. The van der Waals surface area contributed by atoms with Crippen molar-refractivity contribution < 1.29 is 9.84 Å². The molecule has 2 rings (SSSR count). The molecule has 1 aliphatic carbocycles. The molecule has 1 atom stereocenters. The zero-order chi connectivity index (χ0) is 10.6. The molecule has 1 aliphatic heterocycles. The quantitative estimate of drug-likeness (QED) is 0.740. The van der Waals surface area contributed by atoms with Crippen LogP contribution in [0, 0.1) is 5.41 Å². The number of nitrogens with one attached hydrogen (secondary N) is 1. The Kier molecular flexibility index (Phi) is 4.00. The molecule has 1 saturated carbocycles. The monoisotopic (exact) mass is 213 g/mol. The van der Waals surface area contributed by atoms with Crippen LogP contribution in [0.5, 0.6) is 0 Å². The van der Waals surface area contributed by atoms with Crippen LogP contribution in [-0.4, -0.2) is 37.5 Å². The van der Waals surface area contributed by atoms with E-state index in [1.807, 2.05) is 0 Å². The maximum absolute atomic E-state index is 9.47. The molecule has 1 heterocycles. The van der Waals surface area contributed by atoms with E-state index in [1.165, 1.54) is 38.5 Å². The standard InChI is InChI=1S/C12H23NO2/c14-10-12(5-1-2-6-12)9-13-11-4-3-7-15-8-11/h11,13-14H,1-10H2. The highest BCUT2D eigenvalue weighted by molar-refractivity contribution is 4.87. The van der Waals surface area contributed by atoms with Gasteiger partial charge in [-0.15, -0.1) is 0 Å². The lowest BCUT2D eigenvalue weighted by molar-refractivity contribution is 0.0588. The maximum Gasteiger partial charge on any atom is 0.0619 e. The highest BCUT2D eigenvalue weighted by Gasteiger charge is 2.33. The van der Waals surface area contributed by atoms with Gasteiger partial charge in [0, 0.05) is 31.2 Å². The van der Waals surface area contributed by atoms with Crippen molar-refractivity contribution in [2.24, 2.45) is 5.41 Å². The number of aliphatic hydroxyl groups excluding tert-OH is 1. The number of rotatable bonds is 4. The fourth-order valence-corrected chi connectivity index (χ4v) is 2.78. The smallest absolute Gasteiger partial charge is 0.0619 e. The Hall–Kier alpha value is -0.120. The Morgan fingerprint density at radius 3 is 2.67 bits per heavy atom. The molecular formula is C12H23NO2. The van der Waals surface area contributed by atoms with Crippen LogP contribution in [0.3, 0.4) is 0 Å². The van der Waals surface area contributed by atoms with Crippen molar-refractivity contribution in [3.63, 3.8) is 0 Å². The van der Waals surface area contributed by atoms with Gasteiger partial charge in [0.1, 0.15) is 0 Å². The lowest BCUT2D eigenvalue weighted by Crippen LogP contribution is -2.44. The fraction of sp³-hybridized carbons (Fsp3) is 1.00. The summed E-state index contributed by atoms with van der Waals surface area (Å²) >= 11 is 0. The van der Waals surface area contributed by atoms with Crippen molar-refractivity contribution in [2.75, 3.05) is 26.4 Å². The third-order valence-electron chi connectivity index (χ3n) is 3.93. The molecule has 1 saturated heterocycles. The van der Waals surface area contributed by atoms with Gasteiger partial charge < -0.3 is 15.2 Å². The first-order chi connectivity index (χ1) is 7.35. The van der Waals surface area contributed by atoms with E-state index in [4.69, 9.17) is 4.74 Å². The van der Waals surface area contributed by atoms with E-state index in [-0.39, 0.29) is 5.41 Å². The summed E-state index contributed by atoms with van der Waals surface area (Å²) in [5.41, 5.74) is 0.178. The van der Waals surface area contributed by atoms with Gasteiger partial charge in [0.2, 0.25) is 0 Å². The SMILES string of the molecule is OCC1(CNC2CCCOC2)CCCC1. The largest absolute Gasteiger partial charge is 0.396 e. The van der Waals surface area contributed by atoms with Crippen molar-refractivity contribution in [1.82, 2.24) is 5.32 Å². The molecule has 1 unspecified atom stereocenters. The van der Waals surface area contributed by atoms with Crippen LogP contribution in [0.15, 0.2) is 0 Å². The second kappa shape index (κ2) is 5.28. The van der Waals surface area contributed by atoms with Crippen molar-refractivity contribution in [3.8, 4) is 0 Å². The molecule has 0 amide bonds. The van der Waals surface area contributed by atoms with Gasteiger partial charge in [-0.05, 0) is 25.7 Å². The molecule has 88 valence electrons. The molecule has 0 aromatic rings. The summed E-state index contributed by atoms with van der Waals surface area (Å²) in [6.45, 7) is 3.08. The van der Waals surface area contributed by atoms with E-state index in [9.17, 15) is 5.11 Å². The molecule has 2 fully saturated rings. The molecule has 0 aromatic carbocycles. The lowest BCUT2D eigenvalue weighted by atomic mass is 9.87. The highest BCUT2D eigenvalue weighted by atomic mass is 16.5. The molecule has 2 aliphatic rings. The summed E-state index contributed by atoms with van der Waals surface area (Å²) in [4.78, 5) is 0. The fourth-order valence-electron chi connectivity index (χ4n) is 2.78. The molecular weight excluding hydrogens is 190 g/mol. The van der Waals surface area contributed by atoms with Gasteiger partial charge in [0.15, 0.2) is 0 Å². The first kappa shape index (κ1) is 11.4. The van der Waals surface area contributed by atoms with Gasteiger partial charge in [-0.3, -0.25) is 0 Å². The van der Waals surface area contributed by atoms with Crippen molar-refractivity contribution >= 4 is 0 Å². The van der Waals surface area contributed by atoms with Crippen LogP contribution >= 0.6 is 0 Å². The van der Waals surface area contributed by atoms with Gasteiger partial charge in [0.05, 0.1) is 6.61 Å². The Labute approximate surface area is 92.2 Å². The normalized spacial score (nSPS) is 30.6. The Morgan fingerprint density at radius 2 is 2.07 bits per heavy atom. The zero-order valence-electron chi connectivity index (χ0n) is 9.50. The van der Waals surface area contributed by atoms with Crippen LogP contribution in [0.1, 0.15) is 38.5 Å². The van der Waals surface area contributed by atoms with Crippen molar-refractivity contribution in [3.05, 3.63) is 0 Å². The van der Waals surface area contributed by atoms with Crippen LogP contribution < -0.4 is 5.32 Å². The van der Waals surface area contributed by atoms with Crippen LogP contribution in [-0.2, 0) is 4.74 Å². The molecule has 0 bridgehead atoms. The van der Waals surface area contributed by atoms with Gasteiger partial charge in [-0.2, -0.15) is 0 Å². The Bertz CT molecular complexity index is 184. The topological polar surface area (TPSA) is 41.5 Å². The first-order valence-corrected chi connectivity index (χ1v) is 6.27. The van der Waals surface area contributed by atoms with Crippen molar-refractivity contribution in [2.45, 2.75) is 44.6 Å². The summed E-state index contributed by atoms with van der Waals surface area (Å²) in [7, 11) is 0. The summed E-state index contributed by atoms with van der Waals surface area (Å²) in [5.74, 6) is 0. The molecule has 0 spiro atoms. The summed E-state index contributed by atoms with van der Waals surface area (Å²) in [6.07, 6.45) is 7.33. The minimum absolute atomic E-state index is 0.178. The second-order valence-corrected chi connectivity index (χ2v) is 5.16. The van der Waals surface area contributed by atoms with E-state index < -0.39 is 0 Å². The molecule has 2 N–H and O–H groups in total. The van der Waals surface area contributed by atoms with E-state index >= 15 is 0 Å². The highest BCUT2D eigenvalue weighted by Crippen LogP contribution is 2.37. The predicted molar refractivity (Wildman–Crippen MR) is 59.8 cm³/mol. The number of hydrogen-bond acceptors (Lipinski definition) is 3. The number of aliphatic hydroxyl groups is 1. The summed E-state index contributed by atoms with van der Waals surface area (Å²) < 4.78 is 5.44. The van der Waals surface area contributed by atoms with Crippen molar-refractivity contribution in [1.29, 1.82) is 0 Å². The molecule has 0 radical (unpaired) electrons. The van der Waals surface area contributed by atoms with Crippen LogP contribution in [0.25, 0.3) is 0 Å². The second-order valence-electron chi connectivity index (χ2n) is 5.16.